The molecule has 3 rings (SSSR count). The fourth-order valence-corrected chi connectivity index (χ4v) is 3.62. The minimum absolute atomic E-state index is 0.440. The molecular weight excluding hydrogens is 401 g/mol. The molecule has 0 aromatic heterocycles. The van der Waals surface area contributed by atoms with Crippen LogP contribution in [0.4, 0.5) is 5.69 Å². The van der Waals surface area contributed by atoms with Gasteiger partial charge in [0.2, 0.25) is 0 Å². The van der Waals surface area contributed by atoms with Gasteiger partial charge < -0.3 is 5.32 Å². The van der Waals surface area contributed by atoms with Crippen molar-refractivity contribution in [2.24, 2.45) is 0 Å². The average molecular weight is 416 g/mol. The van der Waals surface area contributed by atoms with Gasteiger partial charge in [-0.3, -0.25) is 0 Å². The number of nitrogens with one attached hydrogen (secondary N) is 1. The third kappa shape index (κ3) is 3.21. The molecule has 0 fully saturated rings. The van der Waals surface area contributed by atoms with Crippen LogP contribution in [0.15, 0.2) is 45.3 Å². The molecule has 0 saturated carbocycles. The number of aryl methyl sites for hydroxylation is 1. The lowest BCUT2D eigenvalue weighted by molar-refractivity contribution is 0.610. The predicted molar refractivity (Wildman–Crippen MR) is 92.7 cm³/mol. The third-order valence-corrected chi connectivity index (χ3v) is 5.00. The van der Waals surface area contributed by atoms with Gasteiger partial charge in [0.05, 0.1) is 10.7 Å². The topological polar surface area (TPSA) is 12.0 Å². The highest BCUT2D eigenvalue weighted by molar-refractivity contribution is 9.10. The molecule has 1 unspecified atom stereocenters. The molecule has 1 N–H and O–H groups in total. The summed E-state index contributed by atoms with van der Waals surface area (Å²) < 4.78 is 2.21. The fourth-order valence-electron chi connectivity index (χ4n) is 2.67. The Morgan fingerprint density at radius 3 is 2.60 bits per heavy atom. The van der Waals surface area contributed by atoms with E-state index in [1.165, 1.54) is 11.1 Å². The van der Waals surface area contributed by atoms with Crippen LogP contribution in [0.25, 0.3) is 0 Å². The number of halogens is 3. The van der Waals surface area contributed by atoms with Crippen LogP contribution in [0.1, 0.15) is 17.5 Å². The molecule has 1 aliphatic carbocycles. The normalized spacial score (nSPS) is 17.6. The molecule has 4 heteroatoms. The van der Waals surface area contributed by atoms with Crippen molar-refractivity contribution < 1.29 is 0 Å². The van der Waals surface area contributed by atoms with Gasteiger partial charge in [-0.2, -0.15) is 0 Å². The molecule has 0 bridgehead atoms. The van der Waals surface area contributed by atoms with Gasteiger partial charge in [-0.05, 0) is 60.7 Å². The summed E-state index contributed by atoms with van der Waals surface area (Å²) in [5, 5.41) is 4.34. The molecule has 0 aliphatic heterocycles. The van der Waals surface area contributed by atoms with E-state index >= 15 is 0 Å². The van der Waals surface area contributed by atoms with Crippen LogP contribution < -0.4 is 5.32 Å². The number of hydrogen-bond donors (Lipinski definition) is 1. The SMILES string of the molecule is Clc1ccc(Br)cc1NC1CCc2cc(Br)ccc2C1. The molecule has 1 aliphatic rings. The van der Waals surface area contributed by atoms with Gasteiger partial charge in [0.1, 0.15) is 0 Å². The molecule has 0 heterocycles. The molecular formula is C16H14Br2ClN. The van der Waals surface area contributed by atoms with Crippen molar-refractivity contribution in [2.45, 2.75) is 25.3 Å². The Morgan fingerprint density at radius 2 is 1.75 bits per heavy atom. The Balaban J connectivity index is 1.77. The molecule has 0 spiro atoms. The maximum Gasteiger partial charge on any atom is 0.0638 e. The zero-order valence-electron chi connectivity index (χ0n) is 10.8. The smallest absolute Gasteiger partial charge is 0.0638 e. The second-order valence-corrected chi connectivity index (χ2v) is 7.36. The minimum Gasteiger partial charge on any atom is -0.381 e. The highest BCUT2D eigenvalue weighted by Crippen LogP contribution is 2.30. The second kappa shape index (κ2) is 6.08. The Labute approximate surface area is 141 Å². The molecule has 2 aromatic rings. The van der Waals surface area contributed by atoms with Crippen LogP contribution in [-0.2, 0) is 12.8 Å². The van der Waals surface area contributed by atoms with Crippen LogP contribution in [-0.4, -0.2) is 6.04 Å². The number of rotatable bonds is 2. The largest absolute Gasteiger partial charge is 0.381 e. The molecule has 104 valence electrons. The van der Waals surface area contributed by atoms with Gasteiger partial charge in [-0.25, -0.2) is 0 Å². The van der Waals surface area contributed by atoms with Gasteiger partial charge in [-0.1, -0.05) is 49.5 Å². The number of anilines is 1. The first-order valence-corrected chi connectivity index (χ1v) is 8.57. The van der Waals surface area contributed by atoms with E-state index in [4.69, 9.17) is 11.6 Å². The number of hydrogen-bond acceptors (Lipinski definition) is 1. The lowest BCUT2D eigenvalue weighted by Gasteiger charge is -2.27. The van der Waals surface area contributed by atoms with Crippen LogP contribution in [0, 0.1) is 0 Å². The molecule has 1 nitrogen and oxygen atoms in total. The van der Waals surface area contributed by atoms with E-state index in [2.05, 4.69) is 55.4 Å². The van der Waals surface area contributed by atoms with Crippen molar-refractivity contribution in [3.8, 4) is 0 Å². The van der Waals surface area contributed by atoms with Crippen molar-refractivity contribution in [3.05, 3.63) is 61.5 Å². The van der Waals surface area contributed by atoms with E-state index < -0.39 is 0 Å². The highest BCUT2D eigenvalue weighted by atomic mass is 79.9. The molecule has 1 atom stereocenters. The summed E-state index contributed by atoms with van der Waals surface area (Å²) in [5.41, 5.74) is 3.90. The summed E-state index contributed by atoms with van der Waals surface area (Å²) in [6.07, 6.45) is 3.29. The molecule has 20 heavy (non-hydrogen) atoms. The van der Waals surface area contributed by atoms with Crippen molar-refractivity contribution in [2.75, 3.05) is 5.32 Å². The monoisotopic (exact) mass is 413 g/mol. The van der Waals surface area contributed by atoms with E-state index in [-0.39, 0.29) is 0 Å². The van der Waals surface area contributed by atoms with Gasteiger partial charge in [-0.15, -0.1) is 0 Å². The molecule has 0 saturated heterocycles. The van der Waals surface area contributed by atoms with Gasteiger partial charge in [0.25, 0.3) is 0 Å². The first-order chi connectivity index (χ1) is 9.61. The van der Waals surface area contributed by atoms with Crippen LogP contribution in [0.3, 0.4) is 0 Å². The van der Waals surface area contributed by atoms with E-state index in [0.717, 1.165) is 38.9 Å². The van der Waals surface area contributed by atoms with Crippen LogP contribution in [0.5, 0.6) is 0 Å². The predicted octanol–water partition coefficient (Wildman–Crippen LogP) is 5.83. The van der Waals surface area contributed by atoms with E-state index in [1.807, 2.05) is 18.2 Å². The zero-order valence-corrected chi connectivity index (χ0v) is 14.7. The first kappa shape index (κ1) is 14.4. The molecule has 0 amide bonds. The van der Waals surface area contributed by atoms with E-state index in [9.17, 15) is 0 Å². The Bertz CT molecular complexity index is 642. The quantitative estimate of drug-likeness (QED) is 0.650. The number of fused-ring (bicyclic) bond motifs is 1. The molecule has 0 radical (unpaired) electrons. The lowest BCUT2D eigenvalue weighted by Crippen LogP contribution is -2.27. The van der Waals surface area contributed by atoms with Crippen molar-refractivity contribution >= 4 is 49.1 Å². The van der Waals surface area contributed by atoms with Crippen molar-refractivity contribution in [3.63, 3.8) is 0 Å². The molecule has 2 aromatic carbocycles. The van der Waals surface area contributed by atoms with Crippen LogP contribution in [0.2, 0.25) is 5.02 Å². The summed E-state index contributed by atoms with van der Waals surface area (Å²) in [4.78, 5) is 0. The summed E-state index contributed by atoms with van der Waals surface area (Å²) >= 11 is 13.3. The van der Waals surface area contributed by atoms with Crippen molar-refractivity contribution in [1.82, 2.24) is 0 Å². The third-order valence-electron chi connectivity index (χ3n) is 3.68. The fraction of sp³-hybridized carbons (Fsp3) is 0.250. The standard InChI is InChI=1S/C16H14Br2ClN/c17-12-3-1-11-8-14(5-2-10(11)7-12)20-16-9-13(18)4-6-15(16)19/h1,3-4,6-7,9,14,20H,2,5,8H2. The highest BCUT2D eigenvalue weighted by Gasteiger charge is 2.19. The number of benzene rings is 2. The lowest BCUT2D eigenvalue weighted by atomic mass is 9.88. The maximum atomic E-state index is 6.25. The van der Waals surface area contributed by atoms with Gasteiger partial charge >= 0.3 is 0 Å². The first-order valence-electron chi connectivity index (χ1n) is 6.61. The maximum absolute atomic E-state index is 6.25. The Kier molecular flexibility index (Phi) is 4.39. The van der Waals surface area contributed by atoms with E-state index in [1.54, 1.807) is 0 Å². The summed E-state index contributed by atoms with van der Waals surface area (Å²) in [6.45, 7) is 0. The zero-order chi connectivity index (χ0) is 14.1. The summed E-state index contributed by atoms with van der Waals surface area (Å²) in [7, 11) is 0. The van der Waals surface area contributed by atoms with Gasteiger partial charge in [0, 0.05) is 15.0 Å². The summed E-state index contributed by atoms with van der Waals surface area (Å²) in [5.74, 6) is 0. The minimum atomic E-state index is 0.440. The van der Waals surface area contributed by atoms with E-state index in [0.29, 0.717) is 6.04 Å². The Hall–Kier alpha value is -0.510. The second-order valence-electron chi connectivity index (χ2n) is 5.12. The van der Waals surface area contributed by atoms with Gasteiger partial charge in [0.15, 0.2) is 0 Å². The van der Waals surface area contributed by atoms with Crippen LogP contribution >= 0.6 is 43.5 Å². The Morgan fingerprint density at radius 1 is 1.00 bits per heavy atom. The average Bonchev–Trinajstić information content (AvgIpc) is 2.43. The van der Waals surface area contributed by atoms with Crippen molar-refractivity contribution in [1.29, 1.82) is 0 Å². The summed E-state index contributed by atoms with van der Waals surface area (Å²) in [6, 6.07) is 12.9.